The summed E-state index contributed by atoms with van der Waals surface area (Å²) in [5.74, 6) is -2.72. The van der Waals surface area contributed by atoms with E-state index >= 15 is 0 Å². The van der Waals surface area contributed by atoms with Crippen molar-refractivity contribution in [2.45, 2.75) is 6.92 Å². The lowest BCUT2D eigenvalue weighted by Crippen LogP contribution is -2.43. The molecular weight excluding hydrogens is 634 g/mol. The molecule has 0 unspecified atom stereocenters. The Morgan fingerprint density at radius 3 is 2.53 bits per heavy atom. The molecule has 0 saturated carbocycles. The van der Waals surface area contributed by atoms with Gasteiger partial charge in [-0.3, -0.25) is 14.0 Å². The van der Waals surface area contributed by atoms with E-state index in [4.69, 9.17) is 15.2 Å². The second-order valence-electron chi connectivity index (χ2n) is 11.2. The molecular formula is C32H32F2N6O6S. The summed E-state index contributed by atoms with van der Waals surface area (Å²) in [6, 6.07) is 12.5. The van der Waals surface area contributed by atoms with Crippen LogP contribution in [-0.2, 0) is 14.8 Å². The quantitative estimate of drug-likeness (QED) is 0.185. The van der Waals surface area contributed by atoms with Gasteiger partial charge in [-0.2, -0.15) is 5.10 Å². The molecule has 12 nitrogen and oxygen atoms in total. The van der Waals surface area contributed by atoms with Gasteiger partial charge in [0, 0.05) is 43.1 Å². The van der Waals surface area contributed by atoms with Gasteiger partial charge in [0.25, 0.3) is 0 Å². The number of carbonyl (C=O) groups excluding carboxylic acids is 1. The van der Waals surface area contributed by atoms with Crippen LogP contribution < -0.4 is 14.8 Å². The van der Waals surface area contributed by atoms with Gasteiger partial charge in [0.2, 0.25) is 15.8 Å². The highest BCUT2D eigenvalue weighted by Gasteiger charge is 2.25. The third kappa shape index (κ3) is 6.50. The largest absolute Gasteiger partial charge is 0.506 e. The Morgan fingerprint density at radius 2 is 1.85 bits per heavy atom. The molecule has 1 fully saturated rings. The number of hydrogen-bond donors (Lipinski definition) is 3. The Labute approximate surface area is 269 Å². The van der Waals surface area contributed by atoms with Crippen molar-refractivity contribution < 1.29 is 36.6 Å². The number of benzene rings is 3. The Kier molecular flexibility index (Phi) is 8.61. The van der Waals surface area contributed by atoms with E-state index in [1.807, 2.05) is 0 Å². The van der Waals surface area contributed by atoms with Gasteiger partial charge in [-0.1, -0.05) is 6.07 Å². The number of anilines is 2. The second-order valence-corrected chi connectivity index (χ2v) is 13.1. The number of aromatic hydroxyl groups is 1. The molecule has 1 aliphatic rings. The summed E-state index contributed by atoms with van der Waals surface area (Å²) >= 11 is 0. The van der Waals surface area contributed by atoms with Gasteiger partial charge in [0.15, 0.2) is 17.4 Å². The molecule has 1 saturated heterocycles. The number of aryl methyl sites for hydroxylation is 1. The van der Waals surface area contributed by atoms with Gasteiger partial charge in [-0.15, -0.1) is 0 Å². The number of phenolic OH excluding ortho intramolecular Hbond substituents is 1. The third-order valence-electron chi connectivity index (χ3n) is 7.94. The maximum Gasteiger partial charge on any atom is 0.232 e. The maximum absolute atomic E-state index is 14.1. The molecule has 0 amide bonds. The summed E-state index contributed by atoms with van der Waals surface area (Å²) in [4.78, 5) is 18.7. The number of H-pyrrole nitrogens is 1. The van der Waals surface area contributed by atoms with Crippen molar-refractivity contribution in [3.63, 3.8) is 0 Å². The Bertz CT molecular complexity index is 2070. The van der Waals surface area contributed by atoms with E-state index in [0.29, 0.717) is 55.0 Å². The van der Waals surface area contributed by atoms with Crippen LogP contribution in [0.4, 0.5) is 20.3 Å². The van der Waals surface area contributed by atoms with Crippen LogP contribution in [0.3, 0.4) is 0 Å². The first-order valence-electron chi connectivity index (χ1n) is 14.7. The molecule has 3 aromatic carbocycles. The van der Waals surface area contributed by atoms with Crippen molar-refractivity contribution >= 4 is 38.2 Å². The fourth-order valence-corrected chi connectivity index (χ4v) is 6.42. The zero-order valence-corrected chi connectivity index (χ0v) is 26.4. The van der Waals surface area contributed by atoms with Crippen LogP contribution in [0, 0.1) is 18.6 Å². The zero-order chi connectivity index (χ0) is 33.5. The number of sulfonamides is 1. The Balaban J connectivity index is 1.25. The van der Waals surface area contributed by atoms with Gasteiger partial charge in [0.05, 0.1) is 48.3 Å². The second kappa shape index (κ2) is 12.7. The van der Waals surface area contributed by atoms with E-state index < -0.39 is 33.2 Å². The molecule has 15 heteroatoms. The van der Waals surface area contributed by atoms with Crippen molar-refractivity contribution in [1.29, 1.82) is 0 Å². The first kappa shape index (κ1) is 32.0. The fourth-order valence-electron chi connectivity index (χ4n) is 5.50. The van der Waals surface area contributed by atoms with E-state index in [9.17, 15) is 27.1 Å². The number of hydrogen-bond acceptors (Lipinski definition) is 9. The Hall–Kier alpha value is -4.99. The highest BCUT2D eigenvalue weighted by Crippen LogP contribution is 2.35. The van der Waals surface area contributed by atoms with Crippen LogP contribution >= 0.6 is 0 Å². The van der Waals surface area contributed by atoms with E-state index in [1.54, 1.807) is 25.1 Å². The Morgan fingerprint density at radius 1 is 1.13 bits per heavy atom. The van der Waals surface area contributed by atoms with Crippen LogP contribution in [0.2, 0.25) is 0 Å². The van der Waals surface area contributed by atoms with E-state index in [2.05, 4.69) is 15.0 Å². The fraction of sp³-hybridized carbons (Fsp3) is 0.250. The van der Waals surface area contributed by atoms with Crippen LogP contribution in [0.15, 0.2) is 60.8 Å². The topological polar surface area (TPSA) is 156 Å². The number of phenols is 1. The molecule has 0 aliphatic carbocycles. The number of para-hydroxylation sites is 1. The lowest BCUT2D eigenvalue weighted by Gasteiger charge is -2.30. The predicted molar refractivity (Wildman–Crippen MR) is 172 cm³/mol. The van der Waals surface area contributed by atoms with E-state index in [-0.39, 0.29) is 40.8 Å². The third-order valence-corrected chi connectivity index (χ3v) is 9.12. The first-order valence-corrected chi connectivity index (χ1v) is 16.5. The van der Waals surface area contributed by atoms with Crippen LogP contribution in [0.5, 0.6) is 17.2 Å². The molecule has 0 bridgehead atoms. The molecule has 5 aromatic rings. The number of nitrogens with two attached hydrogens (primary N) is 1. The number of nitrogens with zero attached hydrogens (tertiary/aromatic N) is 4. The maximum atomic E-state index is 14.1. The normalized spacial score (nSPS) is 14.0. The summed E-state index contributed by atoms with van der Waals surface area (Å²) in [5.41, 5.74) is 8.24. The van der Waals surface area contributed by atoms with E-state index in [1.165, 1.54) is 35.1 Å². The number of carbonyl (C=O) groups is 1. The summed E-state index contributed by atoms with van der Waals surface area (Å²) in [5, 5.41) is 15.7. The first-order chi connectivity index (χ1) is 22.4. The van der Waals surface area contributed by atoms with Crippen LogP contribution in [0.1, 0.15) is 21.6 Å². The molecule has 6 rings (SSSR count). The highest BCUT2D eigenvalue weighted by atomic mass is 32.2. The number of ketones is 1. The number of ether oxygens (including phenoxy) is 2. The molecule has 47 heavy (non-hydrogen) atoms. The predicted octanol–water partition coefficient (Wildman–Crippen LogP) is 4.35. The minimum Gasteiger partial charge on any atom is -0.506 e. The van der Waals surface area contributed by atoms with Crippen molar-refractivity contribution in [2.75, 3.05) is 55.7 Å². The van der Waals surface area contributed by atoms with Gasteiger partial charge in [0.1, 0.15) is 17.3 Å². The number of aromatic nitrogens is 3. The molecule has 2 aromatic heterocycles. The SMILES string of the molecule is Cc1cc(Oc2c(F)cccc2F)ccc1-n1ncc(C(=O)c2cc3cc(N(CCN4CCOCC4)S(C)(=O)=O)c(O)cc3[nH]2)c1N. The average molecular weight is 667 g/mol. The molecule has 0 atom stereocenters. The van der Waals surface area contributed by atoms with Crippen LogP contribution in [-0.4, -0.2) is 84.6 Å². The van der Waals surface area contributed by atoms with Gasteiger partial charge >= 0.3 is 0 Å². The van der Waals surface area contributed by atoms with Crippen molar-refractivity contribution in [3.05, 3.63) is 89.2 Å². The number of nitrogen functional groups attached to an aromatic ring is 1. The van der Waals surface area contributed by atoms with Crippen molar-refractivity contribution in [3.8, 4) is 22.9 Å². The number of rotatable bonds is 10. The van der Waals surface area contributed by atoms with Gasteiger partial charge < -0.3 is 25.3 Å². The lowest BCUT2D eigenvalue weighted by molar-refractivity contribution is 0.0395. The van der Waals surface area contributed by atoms with Crippen molar-refractivity contribution in [1.82, 2.24) is 19.7 Å². The molecule has 4 N–H and O–H groups in total. The summed E-state index contributed by atoms with van der Waals surface area (Å²) in [6.07, 6.45) is 2.40. The zero-order valence-electron chi connectivity index (χ0n) is 25.5. The minimum absolute atomic E-state index is 0.0421. The average Bonchev–Trinajstić information content (AvgIpc) is 3.62. The summed E-state index contributed by atoms with van der Waals surface area (Å²) in [6.45, 7) is 4.80. The summed E-state index contributed by atoms with van der Waals surface area (Å²) < 4.78 is 66.9. The number of halogens is 2. The molecule has 1 aliphatic heterocycles. The smallest absolute Gasteiger partial charge is 0.232 e. The highest BCUT2D eigenvalue weighted by molar-refractivity contribution is 7.92. The summed E-state index contributed by atoms with van der Waals surface area (Å²) in [7, 11) is -3.75. The van der Waals surface area contributed by atoms with Crippen LogP contribution in [0.25, 0.3) is 16.6 Å². The minimum atomic E-state index is -3.75. The molecule has 0 radical (unpaired) electrons. The lowest BCUT2D eigenvalue weighted by atomic mass is 10.1. The van der Waals surface area contributed by atoms with Gasteiger partial charge in [-0.05, 0) is 55.0 Å². The molecule has 0 spiro atoms. The molecule has 246 valence electrons. The van der Waals surface area contributed by atoms with Crippen molar-refractivity contribution in [2.24, 2.45) is 0 Å². The standard InChI is InChI=1S/C32H32F2N6O6S/c1-19-14-21(46-31-23(33)4-3-5-24(31)34)6-7-27(19)40-32(35)22(18-36-40)30(42)26-15-20-16-28(29(41)17-25(20)37-26)39(47(2,43)44)9-8-38-10-12-45-13-11-38/h3-7,14-18,37,41H,8-13,35H2,1-2H3. The monoisotopic (exact) mass is 666 g/mol. The number of morpholine rings is 1. The number of fused-ring (bicyclic) bond motifs is 1. The molecule has 3 heterocycles. The number of aromatic amines is 1. The van der Waals surface area contributed by atoms with E-state index in [0.717, 1.165) is 22.7 Å². The van der Waals surface area contributed by atoms with Gasteiger partial charge in [-0.25, -0.2) is 21.9 Å². The number of nitrogens with one attached hydrogen (secondary N) is 1.